The Morgan fingerprint density at radius 3 is 2.76 bits per heavy atom. The SMILES string of the molecule is CCOC(=O)C1=C(C)N=c2s/c(=C\c3ccc(F)cc3)c(=O)n2[C@@H]1c1ccc2c(c1)OCO2. The van der Waals surface area contributed by atoms with Gasteiger partial charge in [0.25, 0.3) is 5.56 Å². The molecule has 0 saturated carbocycles. The summed E-state index contributed by atoms with van der Waals surface area (Å²) in [5.41, 5.74) is 1.82. The minimum Gasteiger partial charge on any atom is -0.463 e. The summed E-state index contributed by atoms with van der Waals surface area (Å²) >= 11 is 1.21. The van der Waals surface area contributed by atoms with Gasteiger partial charge in [-0.1, -0.05) is 29.5 Å². The Kier molecular flexibility index (Phi) is 5.33. The first-order chi connectivity index (χ1) is 16.0. The van der Waals surface area contributed by atoms with E-state index in [0.29, 0.717) is 37.7 Å². The number of esters is 1. The molecule has 9 heteroatoms. The van der Waals surface area contributed by atoms with Crippen molar-refractivity contribution in [3.63, 3.8) is 0 Å². The van der Waals surface area contributed by atoms with Crippen LogP contribution in [-0.4, -0.2) is 23.9 Å². The van der Waals surface area contributed by atoms with Gasteiger partial charge in [0.1, 0.15) is 5.82 Å². The number of carbonyl (C=O) groups is 1. The topological polar surface area (TPSA) is 79.1 Å². The standard InChI is InChI=1S/C24H19FN2O5S/c1-3-30-23(29)20-13(2)26-24-27(21(20)15-6-9-17-18(11-15)32-12-31-17)22(28)19(33-24)10-14-4-7-16(25)8-5-14/h4-11,21H,3,12H2,1-2H3/b19-10-/t21-/m1/s1. The van der Waals surface area contributed by atoms with E-state index in [4.69, 9.17) is 14.2 Å². The largest absolute Gasteiger partial charge is 0.463 e. The number of carbonyl (C=O) groups excluding carboxylic acids is 1. The van der Waals surface area contributed by atoms with Gasteiger partial charge in [-0.05, 0) is 55.3 Å². The van der Waals surface area contributed by atoms with Gasteiger partial charge in [-0.25, -0.2) is 14.2 Å². The molecule has 33 heavy (non-hydrogen) atoms. The average Bonchev–Trinajstić information content (AvgIpc) is 3.38. The van der Waals surface area contributed by atoms with E-state index in [9.17, 15) is 14.0 Å². The summed E-state index contributed by atoms with van der Waals surface area (Å²) in [6.07, 6.45) is 1.68. The van der Waals surface area contributed by atoms with Crippen molar-refractivity contribution in [1.29, 1.82) is 0 Å². The number of nitrogens with zero attached hydrogens (tertiary/aromatic N) is 2. The second kappa shape index (κ2) is 8.32. The number of allylic oxidation sites excluding steroid dienone is 1. The van der Waals surface area contributed by atoms with Gasteiger partial charge in [0, 0.05) is 0 Å². The van der Waals surface area contributed by atoms with E-state index in [0.717, 1.165) is 0 Å². The lowest BCUT2D eigenvalue weighted by molar-refractivity contribution is -0.139. The van der Waals surface area contributed by atoms with E-state index < -0.39 is 12.0 Å². The van der Waals surface area contributed by atoms with E-state index in [1.807, 2.05) is 0 Å². The van der Waals surface area contributed by atoms with Crippen molar-refractivity contribution in [3.05, 3.63) is 90.4 Å². The predicted octanol–water partition coefficient (Wildman–Crippen LogP) is 2.67. The molecule has 0 amide bonds. The molecule has 1 aromatic heterocycles. The van der Waals surface area contributed by atoms with Crippen molar-refractivity contribution >= 4 is 23.4 Å². The molecular formula is C24H19FN2O5S. The molecule has 5 rings (SSSR count). The normalized spacial score (nSPS) is 17.1. The highest BCUT2D eigenvalue weighted by atomic mass is 32.1. The Hall–Kier alpha value is -3.72. The van der Waals surface area contributed by atoms with Gasteiger partial charge in [-0.2, -0.15) is 0 Å². The van der Waals surface area contributed by atoms with Gasteiger partial charge >= 0.3 is 5.97 Å². The minimum atomic E-state index is -0.745. The molecule has 1 atom stereocenters. The van der Waals surface area contributed by atoms with Crippen LogP contribution in [0.1, 0.15) is 31.0 Å². The van der Waals surface area contributed by atoms with Gasteiger partial charge in [-0.3, -0.25) is 9.36 Å². The van der Waals surface area contributed by atoms with Crippen LogP contribution < -0.4 is 24.4 Å². The molecule has 0 aliphatic carbocycles. The number of thiazole rings is 1. The van der Waals surface area contributed by atoms with E-state index in [1.54, 1.807) is 50.3 Å². The van der Waals surface area contributed by atoms with Crippen LogP contribution in [0.2, 0.25) is 0 Å². The lowest BCUT2D eigenvalue weighted by Crippen LogP contribution is -2.39. The van der Waals surface area contributed by atoms with Crippen LogP contribution in [0.25, 0.3) is 6.08 Å². The van der Waals surface area contributed by atoms with Crippen molar-refractivity contribution in [2.75, 3.05) is 13.4 Å². The van der Waals surface area contributed by atoms with Gasteiger partial charge in [0.05, 0.1) is 28.5 Å². The summed E-state index contributed by atoms with van der Waals surface area (Å²) in [6, 6.07) is 10.4. The quantitative estimate of drug-likeness (QED) is 0.553. The zero-order valence-electron chi connectivity index (χ0n) is 17.8. The van der Waals surface area contributed by atoms with E-state index >= 15 is 0 Å². The number of aromatic nitrogens is 1. The number of benzene rings is 2. The molecule has 0 spiro atoms. The zero-order valence-corrected chi connectivity index (χ0v) is 18.6. The van der Waals surface area contributed by atoms with Crippen molar-refractivity contribution in [2.45, 2.75) is 19.9 Å². The molecule has 2 aliphatic heterocycles. The molecule has 0 saturated heterocycles. The second-order valence-corrected chi connectivity index (χ2v) is 8.48. The van der Waals surface area contributed by atoms with Crippen molar-refractivity contribution < 1.29 is 23.4 Å². The van der Waals surface area contributed by atoms with Gasteiger partial charge in [0.15, 0.2) is 16.3 Å². The Morgan fingerprint density at radius 2 is 2.00 bits per heavy atom. The number of fused-ring (bicyclic) bond motifs is 2. The van der Waals surface area contributed by atoms with Crippen molar-refractivity contribution in [3.8, 4) is 11.5 Å². The van der Waals surface area contributed by atoms with Crippen LogP contribution in [0.3, 0.4) is 0 Å². The lowest BCUT2D eigenvalue weighted by Gasteiger charge is -2.24. The molecular weight excluding hydrogens is 447 g/mol. The van der Waals surface area contributed by atoms with E-state index in [2.05, 4.69) is 4.99 Å². The number of halogens is 1. The Morgan fingerprint density at radius 1 is 1.24 bits per heavy atom. The van der Waals surface area contributed by atoms with Crippen LogP contribution in [-0.2, 0) is 9.53 Å². The summed E-state index contributed by atoms with van der Waals surface area (Å²) in [5.74, 6) is 0.250. The fraction of sp³-hybridized carbons (Fsp3) is 0.208. The fourth-order valence-corrected chi connectivity index (χ4v) is 4.95. The van der Waals surface area contributed by atoms with Crippen LogP contribution >= 0.6 is 11.3 Å². The van der Waals surface area contributed by atoms with E-state index in [-0.39, 0.29) is 30.3 Å². The zero-order chi connectivity index (χ0) is 23.1. The molecule has 0 unspecified atom stereocenters. The van der Waals surface area contributed by atoms with Crippen LogP contribution in [0, 0.1) is 5.82 Å². The third-order valence-corrected chi connectivity index (χ3v) is 6.38. The minimum absolute atomic E-state index is 0.110. The maximum atomic E-state index is 13.5. The summed E-state index contributed by atoms with van der Waals surface area (Å²) in [4.78, 5) is 31.4. The second-order valence-electron chi connectivity index (χ2n) is 7.47. The first-order valence-corrected chi connectivity index (χ1v) is 11.1. The van der Waals surface area contributed by atoms with E-state index in [1.165, 1.54) is 28.0 Å². The van der Waals surface area contributed by atoms with Crippen LogP contribution in [0.15, 0.2) is 63.5 Å². The lowest BCUT2D eigenvalue weighted by atomic mass is 9.95. The molecule has 2 aromatic carbocycles. The molecule has 0 bridgehead atoms. The first-order valence-electron chi connectivity index (χ1n) is 10.3. The third-order valence-electron chi connectivity index (χ3n) is 5.40. The van der Waals surface area contributed by atoms with Gasteiger partial charge in [-0.15, -0.1) is 0 Å². The summed E-state index contributed by atoms with van der Waals surface area (Å²) in [5, 5.41) is 0. The maximum absolute atomic E-state index is 13.5. The fourth-order valence-electron chi connectivity index (χ4n) is 3.90. The molecule has 3 heterocycles. The molecule has 0 radical (unpaired) electrons. The molecule has 2 aliphatic rings. The predicted molar refractivity (Wildman–Crippen MR) is 119 cm³/mol. The molecule has 7 nitrogen and oxygen atoms in total. The number of hydrogen-bond acceptors (Lipinski definition) is 7. The first kappa shape index (κ1) is 21.1. The highest BCUT2D eigenvalue weighted by molar-refractivity contribution is 7.07. The van der Waals surface area contributed by atoms with Crippen LogP contribution in [0.5, 0.6) is 11.5 Å². The van der Waals surface area contributed by atoms with Crippen molar-refractivity contribution in [2.24, 2.45) is 4.99 Å². The molecule has 3 aromatic rings. The number of rotatable bonds is 4. The average molecular weight is 466 g/mol. The summed E-state index contributed by atoms with van der Waals surface area (Å²) in [7, 11) is 0. The highest BCUT2D eigenvalue weighted by Gasteiger charge is 2.34. The number of ether oxygens (including phenoxy) is 3. The smallest absolute Gasteiger partial charge is 0.338 e. The third kappa shape index (κ3) is 3.74. The highest BCUT2D eigenvalue weighted by Crippen LogP contribution is 2.38. The molecule has 0 fully saturated rings. The maximum Gasteiger partial charge on any atom is 0.338 e. The molecule has 168 valence electrons. The summed E-state index contributed by atoms with van der Waals surface area (Å²) in [6.45, 7) is 3.75. The Balaban J connectivity index is 1.72. The molecule has 0 N–H and O–H groups in total. The van der Waals surface area contributed by atoms with Gasteiger partial charge < -0.3 is 14.2 Å². The Bertz CT molecular complexity index is 1470. The van der Waals surface area contributed by atoms with Crippen molar-refractivity contribution in [1.82, 2.24) is 4.57 Å². The van der Waals surface area contributed by atoms with Gasteiger partial charge in [0.2, 0.25) is 6.79 Å². The van der Waals surface area contributed by atoms with Crippen LogP contribution in [0.4, 0.5) is 4.39 Å². The number of hydrogen-bond donors (Lipinski definition) is 0. The Labute approximate surface area is 191 Å². The summed E-state index contributed by atoms with van der Waals surface area (Å²) < 4.78 is 31.4. The monoisotopic (exact) mass is 466 g/mol.